The third-order valence-corrected chi connectivity index (χ3v) is 5.90. The van der Waals surface area contributed by atoms with Crippen molar-refractivity contribution in [2.24, 2.45) is 5.92 Å². The van der Waals surface area contributed by atoms with Gasteiger partial charge < -0.3 is 4.74 Å². The second-order valence-corrected chi connectivity index (χ2v) is 8.06. The third kappa shape index (κ3) is 4.11. The fraction of sp³-hybridized carbons (Fsp3) is 0.167. The highest BCUT2D eigenvalue weighted by atomic mass is 19.4. The molecule has 0 bridgehead atoms. The van der Waals surface area contributed by atoms with Crippen molar-refractivity contribution >= 4 is 28.9 Å². The van der Waals surface area contributed by atoms with Crippen LogP contribution in [-0.2, 0) is 14.4 Å². The molecule has 0 unspecified atom stereocenters. The Labute approximate surface area is 201 Å². The summed E-state index contributed by atoms with van der Waals surface area (Å²) in [5.74, 6) is -2.71. The topological polar surface area (TPSA) is 102 Å². The molecule has 5 rings (SSSR count). The monoisotopic (exact) mass is 499 g/mol. The van der Waals surface area contributed by atoms with Crippen LogP contribution in [0.1, 0.15) is 11.6 Å². The quantitative estimate of drug-likeness (QED) is 0.288. The van der Waals surface area contributed by atoms with Crippen molar-refractivity contribution in [3.63, 3.8) is 0 Å². The van der Waals surface area contributed by atoms with Crippen LogP contribution in [0, 0.1) is 16.0 Å². The molecule has 0 aromatic heterocycles. The maximum Gasteiger partial charge on any atom is 0.573 e. The molecular weight excluding hydrogens is 483 g/mol. The predicted octanol–water partition coefficient (Wildman–Crippen LogP) is 4.54. The number of imide groups is 1. The first-order chi connectivity index (χ1) is 17.1. The number of fused-ring (bicyclic) bond motifs is 1. The SMILES string of the molecule is O=C1[C@@H]2[C@@H](c3ccc(OC(F)(F)F)cc3)N(c3ccccc3)O[C@H]2C(=O)N1c1ccc([N+](=O)[O-])cc1. The zero-order chi connectivity index (χ0) is 25.6. The molecular formula is C24H16F3N3O6. The molecule has 0 aliphatic carbocycles. The average Bonchev–Trinajstić information content (AvgIpc) is 3.35. The number of benzene rings is 3. The van der Waals surface area contributed by atoms with E-state index in [0.717, 1.165) is 17.0 Å². The summed E-state index contributed by atoms with van der Waals surface area (Å²) in [6.45, 7) is 0. The molecule has 0 radical (unpaired) electrons. The Morgan fingerprint density at radius 1 is 0.861 bits per heavy atom. The summed E-state index contributed by atoms with van der Waals surface area (Å²) < 4.78 is 41.7. The maximum absolute atomic E-state index is 13.5. The van der Waals surface area contributed by atoms with Crippen molar-refractivity contribution in [1.82, 2.24) is 0 Å². The lowest BCUT2D eigenvalue weighted by Gasteiger charge is -2.28. The number of amides is 2. The summed E-state index contributed by atoms with van der Waals surface area (Å²) in [5.41, 5.74) is 0.902. The van der Waals surface area contributed by atoms with Crippen molar-refractivity contribution in [3.05, 3.63) is 94.5 Å². The highest BCUT2D eigenvalue weighted by Gasteiger charge is 2.60. The van der Waals surface area contributed by atoms with E-state index >= 15 is 0 Å². The van der Waals surface area contributed by atoms with Crippen LogP contribution >= 0.6 is 0 Å². The molecule has 0 saturated carbocycles. The van der Waals surface area contributed by atoms with Crippen LogP contribution in [0.3, 0.4) is 0 Å². The molecule has 3 atom stereocenters. The minimum atomic E-state index is -4.86. The Balaban J connectivity index is 1.51. The summed E-state index contributed by atoms with van der Waals surface area (Å²) in [5, 5.41) is 12.4. The summed E-state index contributed by atoms with van der Waals surface area (Å²) in [7, 11) is 0. The minimum Gasteiger partial charge on any atom is -0.406 e. The Morgan fingerprint density at radius 2 is 1.50 bits per heavy atom. The molecule has 12 heteroatoms. The van der Waals surface area contributed by atoms with Gasteiger partial charge in [0.15, 0.2) is 6.10 Å². The number of hydrogen-bond donors (Lipinski definition) is 0. The van der Waals surface area contributed by atoms with E-state index in [0.29, 0.717) is 11.3 Å². The van der Waals surface area contributed by atoms with Gasteiger partial charge in [-0.3, -0.25) is 24.5 Å². The molecule has 9 nitrogen and oxygen atoms in total. The van der Waals surface area contributed by atoms with E-state index in [4.69, 9.17) is 4.84 Å². The molecule has 3 aromatic rings. The number of hydrogen-bond acceptors (Lipinski definition) is 7. The number of anilines is 2. The summed E-state index contributed by atoms with van der Waals surface area (Å²) in [6, 6.07) is 17.7. The van der Waals surface area contributed by atoms with E-state index in [1.54, 1.807) is 30.3 Å². The maximum atomic E-state index is 13.5. The number of ether oxygens (including phenoxy) is 1. The zero-order valence-corrected chi connectivity index (χ0v) is 18.2. The van der Waals surface area contributed by atoms with Crippen LogP contribution < -0.4 is 14.7 Å². The number of rotatable bonds is 5. The smallest absolute Gasteiger partial charge is 0.406 e. The van der Waals surface area contributed by atoms with Gasteiger partial charge in [0, 0.05) is 12.1 Å². The van der Waals surface area contributed by atoms with Crippen LogP contribution in [0.15, 0.2) is 78.9 Å². The van der Waals surface area contributed by atoms with Crippen LogP contribution in [-0.4, -0.2) is 29.2 Å². The number of para-hydroxylation sites is 1. The van der Waals surface area contributed by atoms with Crippen LogP contribution in [0.5, 0.6) is 5.75 Å². The molecule has 0 spiro atoms. The van der Waals surface area contributed by atoms with Crippen molar-refractivity contribution in [2.45, 2.75) is 18.5 Å². The van der Waals surface area contributed by atoms with E-state index in [9.17, 15) is 32.9 Å². The Kier molecular flexibility index (Phi) is 5.59. The first kappa shape index (κ1) is 23.3. The van der Waals surface area contributed by atoms with E-state index in [-0.39, 0.29) is 11.4 Å². The van der Waals surface area contributed by atoms with Gasteiger partial charge in [0.25, 0.3) is 11.6 Å². The molecule has 0 N–H and O–H groups in total. The van der Waals surface area contributed by atoms with Gasteiger partial charge in [0.2, 0.25) is 5.91 Å². The number of carbonyl (C=O) groups is 2. The Morgan fingerprint density at radius 3 is 2.08 bits per heavy atom. The standard InChI is InChI=1S/C24H16F3N3O6/c25-24(26,27)35-18-12-6-14(7-13-18)20-19-21(36-29(20)16-4-2-1-3-5-16)23(32)28(22(19)31)15-8-10-17(11-9-15)30(33)34/h1-13,19-21H/t19-,20-,21-/m1/s1. The van der Waals surface area contributed by atoms with Gasteiger partial charge >= 0.3 is 6.36 Å². The molecule has 3 aromatic carbocycles. The van der Waals surface area contributed by atoms with Gasteiger partial charge in [-0.1, -0.05) is 30.3 Å². The van der Waals surface area contributed by atoms with Crippen molar-refractivity contribution in [3.8, 4) is 5.75 Å². The summed E-state index contributed by atoms with van der Waals surface area (Å²) in [4.78, 5) is 44.0. The van der Waals surface area contributed by atoms with E-state index < -0.39 is 46.9 Å². The first-order valence-corrected chi connectivity index (χ1v) is 10.6. The number of non-ortho nitro benzene ring substituents is 1. The fourth-order valence-electron chi connectivity index (χ4n) is 4.40. The number of halogens is 3. The van der Waals surface area contributed by atoms with Gasteiger partial charge in [0.05, 0.1) is 22.3 Å². The zero-order valence-electron chi connectivity index (χ0n) is 18.2. The number of hydroxylamine groups is 1. The minimum absolute atomic E-state index is 0.146. The second kappa shape index (κ2) is 8.64. The normalized spacial score (nSPS) is 21.6. The number of carbonyl (C=O) groups excluding carboxylic acids is 2. The second-order valence-electron chi connectivity index (χ2n) is 8.06. The van der Waals surface area contributed by atoms with Crippen molar-refractivity contribution in [1.29, 1.82) is 0 Å². The van der Waals surface area contributed by atoms with Crippen LogP contribution in [0.4, 0.5) is 30.2 Å². The molecule has 36 heavy (non-hydrogen) atoms. The van der Waals surface area contributed by atoms with E-state index in [1.165, 1.54) is 41.5 Å². The van der Waals surface area contributed by atoms with Crippen molar-refractivity contribution < 1.29 is 37.3 Å². The molecule has 2 heterocycles. The lowest BCUT2D eigenvalue weighted by atomic mass is 9.90. The van der Waals surface area contributed by atoms with E-state index in [2.05, 4.69) is 4.74 Å². The number of nitrogens with zero attached hydrogens (tertiary/aromatic N) is 3. The molecule has 2 saturated heterocycles. The van der Waals surface area contributed by atoms with Gasteiger partial charge in [0.1, 0.15) is 11.7 Å². The highest BCUT2D eigenvalue weighted by molar-refractivity contribution is 6.23. The lowest BCUT2D eigenvalue weighted by Crippen LogP contribution is -2.37. The van der Waals surface area contributed by atoms with Crippen LogP contribution in [0.2, 0.25) is 0 Å². The number of nitro groups is 1. The molecule has 2 amide bonds. The number of alkyl halides is 3. The largest absolute Gasteiger partial charge is 0.573 e. The first-order valence-electron chi connectivity index (χ1n) is 10.6. The Bertz CT molecular complexity index is 1320. The molecule has 2 aliphatic heterocycles. The summed E-state index contributed by atoms with van der Waals surface area (Å²) in [6.07, 6.45) is -6.07. The van der Waals surface area contributed by atoms with Crippen molar-refractivity contribution in [2.75, 3.05) is 9.96 Å². The van der Waals surface area contributed by atoms with Crippen LogP contribution in [0.25, 0.3) is 0 Å². The van der Waals surface area contributed by atoms with E-state index in [1.807, 2.05) is 0 Å². The lowest BCUT2D eigenvalue weighted by molar-refractivity contribution is -0.384. The van der Waals surface area contributed by atoms with Gasteiger partial charge in [-0.05, 0) is 42.0 Å². The summed E-state index contributed by atoms with van der Waals surface area (Å²) >= 11 is 0. The van der Waals surface area contributed by atoms with Gasteiger partial charge in [-0.2, -0.15) is 0 Å². The molecule has 184 valence electrons. The molecule has 2 aliphatic rings. The Hall–Kier alpha value is -4.45. The third-order valence-electron chi connectivity index (χ3n) is 5.90. The average molecular weight is 499 g/mol. The number of nitro benzene ring substituents is 1. The molecule has 2 fully saturated rings. The van der Waals surface area contributed by atoms with Gasteiger partial charge in [-0.25, -0.2) is 9.96 Å². The fourth-order valence-corrected chi connectivity index (χ4v) is 4.40. The predicted molar refractivity (Wildman–Crippen MR) is 119 cm³/mol. The highest BCUT2D eigenvalue weighted by Crippen LogP contribution is 2.47. The van der Waals surface area contributed by atoms with Gasteiger partial charge in [-0.15, -0.1) is 13.2 Å².